The van der Waals surface area contributed by atoms with E-state index in [-0.39, 0.29) is 12.1 Å². The number of amides is 1. The van der Waals surface area contributed by atoms with E-state index in [4.69, 9.17) is 5.73 Å². The van der Waals surface area contributed by atoms with E-state index < -0.39 is 38.5 Å². The summed E-state index contributed by atoms with van der Waals surface area (Å²) >= 11 is 0. The third kappa shape index (κ3) is 2.55. The van der Waals surface area contributed by atoms with Crippen LogP contribution in [0.1, 0.15) is 5.56 Å². The van der Waals surface area contributed by atoms with Gasteiger partial charge in [-0.25, -0.2) is 17.2 Å². The third-order valence-electron chi connectivity index (χ3n) is 3.65. The van der Waals surface area contributed by atoms with Gasteiger partial charge in [0.25, 0.3) is 10.0 Å². The summed E-state index contributed by atoms with van der Waals surface area (Å²) in [6, 6.07) is 7.35. The molecule has 23 heavy (non-hydrogen) atoms. The van der Waals surface area contributed by atoms with Gasteiger partial charge in [-0.1, -0.05) is 18.2 Å². The van der Waals surface area contributed by atoms with Crippen LogP contribution >= 0.6 is 0 Å². The van der Waals surface area contributed by atoms with Gasteiger partial charge in [-0.2, -0.15) is 0 Å². The molecule has 0 unspecified atom stereocenters. The van der Waals surface area contributed by atoms with Crippen molar-refractivity contribution < 1.29 is 22.0 Å². The number of carbonyl (C=O) groups is 1. The maximum absolute atomic E-state index is 13.4. The monoisotopic (exact) mass is 338 g/mol. The molecule has 1 amide bonds. The number of hydrogen-bond donors (Lipinski definition) is 1. The summed E-state index contributed by atoms with van der Waals surface area (Å²) in [5.41, 5.74) is 6.21. The highest BCUT2D eigenvalue weighted by Gasteiger charge is 2.41. The number of hydrogen-bond acceptors (Lipinski definition) is 3. The standard InChI is InChI=1S/C15H12F2N2O3S/c16-10-6-11(17)8-12(7-10)23(21,22)19-13-4-2-1-3-9(13)5-14(19)15(18)20/h1-4,6-8,14H,5H2,(H2,18,20)/t14-/m0/s1. The van der Waals surface area contributed by atoms with E-state index in [0.29, 0.717) is 23.8 Å². The number of primary amides is 1. The molecule has 1 aliphatic rings. The maximum atomic E-state index is 13.4. The molecule has 0 bridgehead atoms. The lowest BCUT2D eigenvalue weighted by molar-refractivity contribution is -0.118. The fraction of sp³-hybridized carbons (Fsp3) is 0.133. The van der Waals surface area contributed by atoms with Gasteiger partial charge in [-0.05, 0) is 23.8 Å². The van der Waals surface area contributed by atoms with Gasteiger partial charge < -0.3 is 5.73 Å². The maximum Gasteiger partial charge on any atom is 0.265 e. The lowest BCUT2D eigenvalue weighted by atomic mass is 10.1. The fourth-order valence-corrected chi connectivity index (χ4v) is 4.36. The van der Waals surface area contributed by atoms with Crippen LogP contribution in [-0.2, 0) is 21.2 Å². The van der Waals surface area contributed by atoms with Crippen molar-refractivity contribution in [3.63, 3.8) is 0 Å². The normalized spacial score (nSPS) is 17.1. The molecule has 2 aromatic carbocycles. The lowest BCUT2D eigenvalue weighted by Gasteiger charge is -2.25. The summed E-state index contributed by atoms with van der Waals surface area (Å²) in [7, 11) is -4.34. The summed E-state index contributed by atoms with van der Waals surface area (Å²) in [6.45, 7) is 0. The van der Waals surface area contributed by atoms with Crippen molar-refractivity contribution in [1.29, 1.82) is 0 Å². The third-order valence-corrected chi connectivity index (χ3v) is 5.45. The van der Waals surface area contributed by atoms with Crippen LogP contribution < -0.4 is 10.0 Å². The molecule has 0 saturated carbocycles. The average Bonchev–Trinajstić information content (AvgIpc) is 2.86. The molecule has 1 atom stereocenters. The van der Waals surface area contributed by atoms with E-state index in [2.05, 4.69) is 0 Å². The van der Waals surface area contributed by atoms with Crippen LogP contribution in [-0.4, -0.2) is 20.4 Å². The van der Waals surface area contributed by atoms with E-state index in [1.807, 2.05) is 0 Å². The zero-order valence-corrected chi connectivity index (χ0v) is 12.6. The molecule has 0 aromatic heterocycles. The van der Waals surface area contributed by atoms with Gasteiger partial charge in [-0.15, -0.1) is 0 Å². The minimum absolute atomic E-state index is 0.114. The van der Waals surface area contributed by atoms with E-state index >= 15 is 0 Å². The molecule has 1 aliphatic heterocycles. The first-order valence-corrected chi connectivity index (χ1v) is 8.12. The summed E-state index contributed by atoms with van der Waals surface area (Å²) in [5.74, 6) is -2.87. The van der Waals surface area contributed by atoms with Crippen LogP contribution in [0.2, 0.25) is 0 Å². The van der Waals surface area contributed by atoms with Gasteiger partial charge in [0.1, 0.15) is 17.7 Å². The van der Waals surface area contributed by atoms with E-state index in [1.165, 1.54) is 6.07 Å². The molecular weight excluding hydrogens is 326 g/mol. The zero-order valence-electron chi connectivity index (χ0n) is 11.7. The van der Waals surface area contributed by atoms with Gasteiger partial charge in [0.2, 0.25) is 5.91 Å². The molecule has 3 rings (SSSR count). The second-order valence-corrected chi connectivity index (χ2v) is 6.97. The molecule has 0 saturated heterocycles. The van der Waals surface area contributed by atoms with Gasteiger partial charge in [-0.3, -0.25) is 9.10 Å². The van der Waals surface area contributed by atoms with Gasteiger partial charge >= 0.3 is 0 Å². The summed E-state index contributed by atoms with van der Waals surface area (Å²) in [4.78, 5) is 11.1. The van der Waals surface area contributed by atoms with Crippen molar-refractivity contribution in [2.45, 2.75) is 17.4 Å². The summed E-state index contributed by atoms with van der Waals surface area (Å²) in [5, 5.41) is 0. The Kier molecular flexibility index (Phi) is 3.56. The molecule has 2 aromatic rings. The highest BCUT2D eigenvalue weighted by Crippen LogP contribution is 2.36. The highest BCUT2D eigenvalue weighted by molar-refractivity contribution is 7.93. The minimum Gasteiger partial charge on any atom is -0.368 e. The minimum atomic E-state index is -4.34. The van der Waals surface area contributed by atoms with Crippen molar-refractivity contribution in [1.82, 2.24) is 0 Å². The molecule has 120 valence electrons. The molecule has 0 radical (unpaired) electrons. The molecule has 1 heterocycles. The number of carbonyl (C=O) groups excluding carboxylic acids is 1. The topological polar surface area (TPSA) is 80.5 Å². The van der Waals surface area contributed by atoms with E-state index in [9.17, 15) is 22.0 Å². The Labute approximate surface area is 131 Å². The fourth-order valence-electron chi connectivity index (χ4n) is 2.66. The summed E-state index contributed by atoms with van der Waals surface area (Å²) < 4.78 is 53.2. The van der Waals surface area contributed by atoms with Crippen molar-refractivity contribution >= 4 is 21.6 Å². The number of benzene rings is 2. The number of nitrogens with zero attached hydrogens (tertiary/aromatic N) is 1. The zero-order chi connectivity index (χ0) is 16.8. The van der Waals surface area contributed by atoms with Crippen molar-refractivity contribution in [3.8, 4) is 0 Å². The lowest BCUT2D eigenvalue weighted by Crippen LogP contribution is -2.46. The van der Waals surface area contributed by atoms with Crippen molar-refractivity contribution in [3.05, 3.63) is 59.7 Å². The largest absolute Gasteiger partial charge is 0.368 e. The Balaban J connectivity index is 2.19. The van der Waals surface area contributed by atoms with E-state index in [0.717, 1.165) is 4.31 Å². The number of anilines is 1. The van der Waals surface area contributed by atoms with Crippen LogP contribution in [0.25, 0.3) is 0 Å². The second-order valence-electron chi connectivity index (χ2n) is 5.16. The second kappa shape index (κ2) is 5.31. The van der Waals surface area contributed by atoms with Gasteiger partial charge in [0, 0.05) is 12.5 Å². The number of halogens is 2. The average molecular weight is 338 g/mol. The van der Waals surface area contributed by atoms with Crippen LogP contribution in [0.15, 0.2) is 47.4 Å². The van der Waals surface area contributed by atoms with Crippen LogP contribution in [0.3, 0.4) is 0 Å². The molecular formula is C15H12F2N2O3S. The molecule has 0 spiro atoms. The van der Waals surface area contributed by atoms with Crippen LogP contribution in [0, 0.1) is 11.6 Å². The molecule has 5 nitrogen and oxygen atoms in total. The first-order valence-electron chi connectivity index (χ1n) is 6.68. The molecule has 0 aliphatic carbocycles. The number of fused-ring (bicyclic) bond motifs is 1. The predicted molar refractivity (Wildman–Crippen MR) is 79.2 cm³/mol. The molecule has 8 heteroatoms. The first kappa shape index (κ1) is 15.4. The Morgan fingerprint density at radius 2 is 1.74 bits per heavy atom. The van der Waals surface area contributed by atoms with Crippen LogP contribution in [0.4, 0.5) is 14.5 Å². The smallest absolute Gasteiger partial charge is 0.265 e. The Hall–Kier alpha value is -2.48. The van der Waals surface area contributed by atoms with Crippen LogP contribution in [0.5, 0.6) is 0 Å². The number of rotatable bonds is 3. The number of nitrogens with two attached hydrogens (primary N) is 1. The van der Waals surface area contributed by atoms with Crippen molar-refractivity contribution in [2.75, 3.05) is 4.31 Å². The Morgan fingerprint density at radius 3 is 2.35 bits per heavy atom. The highest BCUT2D eigenvalue weighted by atomic mass is 32.2. The molecule has 2 N–H and O–H groups in total. The molecule has 0 fully saturated rings. The van der Waals surface area contributed by atoms with Crippen molar-refractivity contribution in [2.24, 2.45) is 5.73 Å². The SMILES string of the molecule is NC(=O)[C@@H]1Cc2ccccc2N1S(=O)(=O)c1cc(F)cc(F)c1. The first-order chi connectivity index (χ1) is 10.8. The van der Waals surface area contributed by atoms with E-state index in [1.54, 1.807) is 18.2 Å². The Morgan fingerprint density at radius 1 is 1.13 bits per heavy atom. The Bertz CT molecular complexity index is 879. The number of para-hydroxylation sites is 1. The summed E-state index contributed by atoms with van der Waals surface area (Å²) in [6.07, 6.45) is 0.114. The quantitative estimate of drug-likeness (QED) is 0.922. The number of sulfonamides is 1. The predicted octanol–water partition coefficient (Wildman–Crippen LogP) is 1.57. The van der Waals surface area contributed by atoms with Gasteiger partial charge in [0.15, 0.2) is 0 Å². The van der Waals surface area contributed by atoms with Gasteiger partial charge in [0.05, 0.1) is 10.6 Å².